The quantitative estimate of drug-likeness (QED) is 0.516. The number of carbonyl (C=O) groups excluding carboxylic acids is 3. The number of amides is 2. The molecule has 7 heteroatoms. The number of hydrogen-bond acceptors (Lipinski definition) is 4. The van der Waals surface area contributed by atoms with E-state index in [9.17, 15) is 14.4 Å². The van der Waals surface area contributed by atoms with E-state index < -0.39 is 29.4 Å². The van der Waals surface area contributed by atoms with E-state index in [1.165, 1.54) is 7.11 Å². The number of fused-ring (bicyclic) bond motifs is 1. The lowest BCUT2D eigenvalue weighted by molar-refractivity contribution is -0.145. The first-order valence-electron chi connectivity index (χ1n) is 8.17. The number of aromatic amines is 1. The molecule has 1 atom stereocenters. The molecule has 0 saturated carbocycles. The zero-order valence-electron chi connectivity index (χ0n) is 15.1. The molecule has 0 fully saturated rings. The fraction of sp³-hybridized carbons (Fsp3) is 0.316. The predicted octanol–water partition coefficient (Wildman–Crippen LogP) is 1.45. The average molecular weight is 357 g/mol. The van der Waals surface area contributed by atoms with Gasteiger partial charge in [-0.2, -0.15) is 0 Å². The van der Waals surface area contributed by atoms with Crippen molar-refractivity contribution in [2.24, 2.45) is 0 Å². The molecular formula is C19H23N3O4. The molecule has 1 aromatic heterocycles. The molecule has 2 rings (SSSR count). The van der Waals surface area contributed by atoms with Crippen LogP contribution >= 0.6 is 0 Å². The van der Waals surface area contributed by atoms with E-state index in [0.717, 1.165) is 22.5 Å². The highest BCUT2D eigenvalue weighted by Gasteiger charge is 2.33. The Balaban J connectivity index is 2.20. The molecule has 0 spiro atoms. The summed E-state index contributed by atoms with van der Waals surface area (Å²) >= 11 is 0. The molecule has 2 aromatic rings. The molecule has 3 N–H and O–H groups in total. The minimum atomic E-state index is -1.21. The van der Waals surface area contributed by atoms with Crippen molar-refractivity contribution >= 4 is 28.7 Å². The summed E-state index contributed by atoms with van der Waals surface area (Å²) in [6.07, 6.45) is 3.14. The summed E-state index contributed by atoms with van der Waals surface area (Å²) in [6.45, 7) is 6.45. The fourth-order valence-electron chi connectivity index (χ4n) is 2.61. The van der Waals surface area contributed by atoms with Crippen LogP contribution in [0.3, 0.4) is 0 Å². The third-order valence-corrected chi connectivity index (χ3v) is 4.08. The number of benzene rings is 1. The Bertz CT molecular complexity index is 838. The molecule has 0 aliphatic rings. The molecule has 0 saturated heterocycles. The summed E-state index contributed by atoms with van der Waals surface area (Å²) in [7, 11) is 1.27. The van der Waals surface area contributed by atoms with Crippen molar-refractivity contribution in [1.82, 2.24) is 15.6 Å². The average Bonchev–Trinajstić information content (AvgIpc) is 3.03. The van der Waals surface area contributed by atoms with Crippen LogP contribution in [-0.4, -0.2) is 41.5 Å². The summed E-state index contributed by atoms with van der Waals surface area (Å²) < 4.78 is 4.82. The largest absolute Gasteiger partial charge is 0.467 e. The number of para-hydroxylation sites is 1. The Morgan fingerprint density at radius 1 is 1.31 bits per heavy atom. The summed E-state index contributed by atoms with van der Waals surface area (Å²) in [5.41, 5.74) is 0.609. The molecule has 1 aromatic carbocycles. The highest BCUT2D eigenvalue weighted by atomic mass is 16.5. The molecule has 0 aliphatic carbocycles. The first-order valence-corrected chi connectivity index (χ1v) is 8.17. The van der Waals surface area contributed by atoms with E-state index in [1.54, 1.807) is 20.0 Å². The van der Waals surface area contributed by atoms with Crippen LogP contribution in [0.1, 0.15) is 19.4 Å². The van der Waals surface area contributed by atoms with Crippen molar-refractivity contribution in [3.63, 3.8) is 0 Å². The van der Waals surface area contributed by atoms with E-state index in [2.05, 4.69) is 22.2 Å². The lowest BCUT2D eigenvalue weighted by Gasteiger charge is -2.27. The molecule has 0 radical (unpaired) electrons. The highest BCUT2D eigenvalue weighted by Crippen LogP contribution is 2.19. The molecule has 0 bridgehead atoms. The Morgan fingerprint density at radius 2 is 2.00 bits per heavy atom. The standard InChI is InChI=1S/C19H23N3O4/c1-5-16(23)22-19(2,3)18(25)21-15(17(24)26-4)10-12-11-20-14-9-7-6-8-13(12)14/h5-9,11,15,20H,1,10H2,2-4H3,(H,21,25)(H,22,23). The molecule has 1 heterocycles. The van der Waals surface area contributed by atoms with Crippen LogP contribution in [0.4, 0.5) is 0 Å². The van der Waals surface area contributed by atoms with Crippen LogP contribution in [0.5, 0.6) is 0 Å². The van der Waals surface area contributed by atoms with Crippen LogP contribution in [0, 0.1) is 0 Å². The topological polar surface area (TPSA) is 100 Å². The number of H-pyrrole nitrogens is 1. The van der Waals surface area contributed by atoms with Gasteiger partial charge in [-0.25, -0.2) is 4.79 Å². The number of methoxy groups -OCH3 is 1. The van der Waals surface area contributed by atoms with E-state index in [4.69, 9.17) is 4.74 Å². The molecular weight excluding hydrogens is 334 g/mol. The Labute approximate surface area is 151 Å². The minimum absolute atomic E-state index is 0.258. The van der Waals surface area contributed by atoms with Gasteiger partial charge in [-0.15, -0.1) is 0 Å². The van der Waals surface area contributed by atoms with Gasteiger partial charge in [0.1, 0.15) is 11.6 Å². The van der Waals surface area contributed by atoms with Crippen molar-refractivity contribution in [3.05, 3.63) is 48.7 Å². The van der Waals surface area contributed by atoms with Gasteiger partial charge < -0.3 is 20.4 Å². The Kier molecular flexibility index (Phi) is 5.82. The SMILES string of the molecule is C=CC(=O)NC(C)(C)C(=O)NC(Cc1c[nH]c2ccccc12)C(=O)OC. The maximum Gasteiger partial charge on any atom is 0.328 e. The first-order chi connectivity index (χ1) is 12.3. The summed E-state index contributed by atoms with van der Waals surface area (Å²) in [6, 6.07) is 6.79. The van der Waals surface area contributed by atoms with E-state index >= 15 is 0 Å². The van der Waals surface area contributed by atoms with Gasteiger partial charge in [0.2, 0.25) is 11.8 Å². The second-order valence-electron chi connectivity index (χ2n) is 6.43. The monoisotopic (exact) mass is 357 g/mol. The number of ether oxygens (including phenoxy) is 1. The number of aromatic nitrogens is 1. The summed E-state index contributed by atoms with van der Waals surface area (Å²) in [5.74, 6) is -1.53. The number of carbonyl (C=O) groups is 3. The van der Waals surface area contributed by atoms with Gasteiger partial charge >= 0.3 is 5.97 Å². The first kappa shape index (κ1) is 19.2. The second-order valence-corrected chi connectivity index (χ2v) is 6.43. The summed E-state index contributed by atoms with van der Waals surface area (Å²) in [4.78, 5) is 39.4. The van der Waals surface area contributed by atoms with Crippen molar-refractivity contribution in [2.75, 3.05) is 7.11 Å². The van der Waals surface area contributed by atoms with Crippen LogP contribution < -0.4 is 10.6 Å². The van der Waals surface area contributed by atoms with Gasteiger partial charge in [-0.1, -0.05) is 24.8 Å². The number of esters is 1. The zero-order valence-corrected chi connectivity index (χ0v) is 15.1. The van der Waals surface area contributed by atoms with Crippen molar-refractivity contribution < 1.29 is 19.1 Å². The van der Waals surface area contributed by atoms with Crippen LogP contribution in [-0.2, 0) is 25.5 Å². The van der Waals surface area contributed by atoms with Gasteiger partial charge in [-0.05, 0) is 31.6 Å². The van der Waals surface area contributed by atoms with Crippen molar-refractivity contribution in [3.8, 4) is 0 Å². The lowest BCUT2D eigenvalue weighted by atomic mass is 10.0. The molecule has 26 heavy (non-hydrogen) atoms. The van der Waals surface area contributed by atoms with E-state index in [1.807, 2.05) is 24.3 Å². The Morgan fingerprint density at radius 3 is 2.65 bits per heavy atom. The molecule has 138 valence electrons. The predicted molar refractivity (Wildman–Crippen MR) is 98.4 cm³/mol. The molecule has 2 amide bonds. The molecule has 1 unspecified atom stereocenters. The van der Waals surface area contributed by atoms with E-state index in [-0.39, 0.29) is 6.42 Å². The number of nitrogens with one attached hydrogen (secondary N) is 3. The highest BCUT2D eigenvalue weighted by molar-refractivity contribution is 5.96. The third kappa shape index (κ3) is 4.30. The van der Waals surface area contributed by atoms with Crippen LogP contribution in [0.2, 0.25) is 0 Å². The maximum atomic E-state index is 12.6. The minimum Gasteiger partial charge on any atom is -0.467 e. The molecule has 0 aliphatic heterocycles. The smallest absolute Gasteiger partial charge is 0.328 e. The van der Waals surface area contributed by atoms with E-state index in [0.29, 0.717) is 0 Å². The van der Waals surface area contributed by atoms with Gasteiger partial charge in [0.15, 0.2) is 0 Å². The van der Waals surface area contributed by atoms with Crippen molar-refractivity contribution in [2.45, 2.75) is 31.8 Å². The Hall–Kier alpha value is -3.09. The van der Waals surface area contributed by atoms with Gasteiger partial charge in [-0.3, -0.25) is 9.59 Å². The normalized spacial score (nSPS) is 12.3. The van der Waals surface area contributed by atoms with Crippen LogP contribution in [0.25, 0.3) is 10.9 Å². The van der Waals surface area contributed by atoms with Crippen LogP contribution in [0.15, 0.2) is 43.1 Å². The lowest BCUT2D eigenvalue weighted by Crippen LogP contribution is -2.58. The number of hydrogen-bond donors (Lipinski definition) is 3. The molecule has 7 nitrogen and oxygen atoms in total. The van der Waals surface area contributed by atoms with Crippen molar-refractivity contribution in [1.29, 1.82) is 0 Å². The number of rotatable bonds is 7. The fourth-order valence-corrected chi connectivity index (χ4v) is 2.61. The second kappa shape index (κ2) is 7.86. The van der Waals surface area contributed by atoms with Gasteiger partial charge in [0.05, 0.1) is 7.11 Å². The van der Waals surface area contributed by atoms with Gasteiger partial charge in [0, 0.05) is 23.5 Å². The zero-order chi connectivity index (χ0) is 19.3. The summed E-state index contributed by atoms with van der Waals surface area (Å²) in [5, 5.41) is 6.16. The third-order valence-electron chi connectivity index (χ3n) is 4.08. The van der Waals surface area contributed by atoms with Gasteiger partial charge in [0.25, 0.3) is 0 Å². The maximum absolute atomic E-state index is 12.6.